The van der Waals surface area contributed by atoms with Gasteiger partial charge in [-0.15, -0.1) is 0 Å². The van der Waals surface area contributed by atoms with Crippen molar-refractivity contribution in [2.24, 2.45) is 0 Å². The van der Waals surface area contributed by atoms with E-state index in [1.807, 2.05) is 12.4 Å². The molecule has 0 aliphatic heterocycles. The summed E-state index contributed by atoms with van der Waals surface area (Å²) < 4.78 is 3.25. The smallest absolute Gasteiger partial charge is 0.203 e. The van der Waals surface area contributed by atoms with Gasteiger partial charge in [-0.2, -0.15) is 0 Å². The average Bonchev–Trinajstić information content (AvgIpc) is 2.80. The van der Waals surface area contributed by atoms with Crippen LogP contribution in [0, 0.1) is 0 Å². The van der Waals surface area contributed by atoms with Gasteiger partial charge in [0.1, 0.15) is 0 Å². The number of imidazole rings is 1. The lowest BCUT2D eigenvalue weighted by Gasteiger charge is -2.09. The van der Waals surface area contributed by atoms with Gasteiger partial charge in [-0.25, -0.2) is 4.98 Å². The summed E-state index contributed by atoms with van der Waals surface area (Å²) in [5.41, 5.74) is 1.27. The molecule has 0 unspecified atom stereocenters. The van der Waals surface area contributed by atoms with E-state index < -0.39 is 0 Å². The number of aromatic nitrogens is 2. The van der Waals surface area contributed by atoms with Crippen LogP contribution >= 0.6 is 15.9 Å². The minimum absolute atomic E-state index is 0.849. The minimum atomic E-state index is 0.849. The molecule has 1 aromatic carbocycles. The zero-order valence-electron chi connectivity index (χ0n) is 10.6. The Morgan fingerprint density at radius 1 is 1.28 bits per heavy atom. The maximum absolute atomic E-state index is 4.34. The van der Waals surface area contributed by atoms with Crippen LogP contribution in [0.25, 0.3) is 0 Å². The summed E-state index contributed by atoms with van der Waals surface area (Å²) in [5.74, 6) is 0.950. The predicted octanol–water partition coefficient (Wildman–Crippen LogP) is 3.91. The molecule has 0 fully saturated rings. The van der Waals surface area contributed by atoms with Crippen molar-refractivity contribution in [3.8, 4) is 0 Å². The second-order valence-corrected chi connectivity index (χ2v) is 5.20. The van der Waals surface area contributed by atoms with Crippen LogP contribution in [0.4, 0.5) is 5.95 Å². The van der Waals surface area contributed by atoms with Gasteiger partial charge in [0.15, 0.2) is 0 Å². The zero-order chi connectivity index (χ0) is 12.8. The van der Waals surface area contributed by atoms with E-state index in [-0.39, 0.29) is 0 Å². The number of hydrogen-bond donors (Lipinski definition) is 1. The molecule has 0 aliphatic rings. The van der Waals surface area contributed by atoms with Crippen LogP contribution in [0.2, 0.25) is 0 Å². The third-order valence-corrected chi connectivity index (χ3v) is 3.32. The maximum atomic E-state index is 4.34. The van der Waals surface area contributed by atoms with Gasteiger partial charge in [0, 0.05) is 23.4 Å². The predicted molar refractivity (Wildman–Crippen MR) is 78.9 cm³/mol. The Bertz CT molecular complexity index is 476. The molecule has 0 amide bonds. The average molecular weight is 308 g/mol. The van der Waals surface area contributed by atoms with Gasteiger partial charge in [0.2, 0.25) is 5.95 Å². The monoisotopic (exact) mass is 307 g/mol. The van der Waals surface area contributed by atoms with Crippen LogP contribution < -0.4 is 5.32 Å². The fourth-order valence-corrected chi connectivity index (χ4v) is 2.03. The van der Waals surface area contributed by atoms with Gasteiger partial charge in [-0.05, 0) is 24.1 Å². The third kappa shape index (κ3) is 3.60. The number of unbranched alkanes of at least 4 members (excludes halogenated alkanes) is 1. The van der Waals surface area contributed by atoms with Gasteiger partial charge in [0.05, 0.1) is 6.54 Å². The highest BCUT2D eigenvalue weighted by atomic mass is 79.9. The van der Waals surface area contributed by atoms with Crippen LogP contribution in [0.3, 0.4) is 0 Å². The number of hydrogen-bond acceptors (Lipinski definition) is 2. The largest absolute Gasteiger partial charge is 0.356 e. The van der Waals surface area contributed by atoms with Crippen molar-refractivity contribution in [2.75, 3.05) is 11.9 Å². The zero-order valence-corrected chi connectivity index (χ0v) is 12.2. The van der Waals surface area contributed by atoms with E-state index in [9.17, 15) is 0 Å². The molecule has 0 spiro atoms. The quantitative estimate of drug-likeness (QED) is 0.820. The van der Waals surface area contributed by atoms with Crippen molar-refractivity contribution in [1.82, 2.24) is 9.55 Å². The summed E-state index contributed by atoms with van der Waals surface area (Å²) in [6.45, 7) is 4.02. The molecule has 0 bridgehead atoms. The number of rotatable bonds is 6. The maximum Gasteiger partial charge on any atom is 0.203 e. The first-order valence-corrected chi connectivity index (χ1v) is 7.08. The highest BCUT2D eigenvalue weighted by Crippen LogP contribution is 2.13. The molecule has 3 nitrogen and oxygen atoms in total. The molecule has 1 aromatic heterocycles. The lowest BCUT2D eigenvalue weighted by molar-refractivity contribution is 0.775. The Hall–Kier alpha value is -1.29. The molecule has 2 rings (SSSR count). The summed E-state index contributed by atoms with van der Waals surface area (Å²) in [7, 11) is 0. The minimum Gasteiger partial charge on any atom is -0.356 e. The summed E-state index contributed by atoms with van der Waals surface area (Å²) in [6.07, 6.45) is 6.22. The van der Waals surface area contributed by atoms with E-state index in [1.165, 1.54) is 18.4 Å². The Balaban J connectivity index is 2.00. The first kappa shape index (κ1) is 13.1. The number of halogens is 1. The highest BCUT2D eigenvalue weighted by Gasteiger charge is 2.02. The summed E-state index contributed by atoms with van der Waals surface area (Å²) in [5, 5.41) is 3.37. The Morgan fingerprint density at radius 3 is 2.78 bits per heavy atom. The molecule has 4 heteroatoms. The van der Waals surface area contributed by atoms with Crippen molar-refractivity contribution in [1.29, 1.82) is 0 Å². The number of benzene rings is 1. The third-order valence-electron chi connectivity index (χ3n) is 2.80. The second-order valence-electron chi connectivity index (χ2n) is 4.29. The Kier molecular flexibility index (Phi) is 4.81. The Morgan fingerprint density at radius 2 is 2.06 bits per heavy atom. The van der Waals surface area contributed by atoms with Crippen LogP contribution in [-0.2, 0) is 6.54 Å². The standard InChI is InChI=1S/C14H18BrN3/c1-2-3-8-16-14-17-9-10-18(14)11-12-4-6-13(15)7-5-12/h4-7,9-10H,2-3,8,11H2,1H3,(H,16,17). The molecule has 2 aromatic rings. The molecular weight excluding hydrogens is 290 g/mol. The lowest BCUT2D eigenvalue weighted by Crippen LogP contribution is -2.09. The summed E-state index contributed by atoms with van der Waals surface area (Å²) >= 11 is 3.45. The Labute approximate surface area is 116 Å². The van der Waals surface area contributed by atoms with Crippen molar-refractivity contribution in [3.63, 3.8) is 0 Å². The van der Waals surface area contributed by atoms with Crippen molar-refractivity contribution < 1.29 is 0 Å². The normalized spacial score (nSPS) is 10.6. The second kappa shape index (κ2) is 6.59. The first-order valence-electron chi connectivity index (χ1n) is 6.29. The molecule has 0 saturated heterocycles. The number of nitrogens with zero attached hydrogens (tertiary/aromatic N) is 2. The van der Waals surface area contributed by atoms with Crippen LogP contribution in [0.1, 0.15) is 25.3 Å². The van der Waals surface area contributed by atoms with Gasteiger partial charge in [0.25, 0.3) is 0 Å². The molecular formula is C14H18BrN3. The van der Waals surface area contributed by atoms with Crippen LogP contribution in [0.5, 0.6) is 0 Å². The van der Waals surface area contributed by atoms with Gasteiger partial charge in [-0.3, -0.25) is 0 Å². The summed E-state index contributed by atoms with van der Waals surface area (Å²) in [6, 6.07) is 8.38. The van der Waals surface area contributed by atoms with Crippen molar-refractivity contribution in [3.05, 3.63) is 46.7 Å². The lowest BCUT2D eigenvalue weighted by atomic mass is 10.2. The molecule has 0 saturated carbocycles. The van der Waals surface area contributed by atoms with E-state index in [1.54, 1.807) is 0 Å². The van der Waals surface area contributed by atoms with Crippen LogP contribution in [-0.4, -0.2) is 16.1 Å². The molecule has 1 N–H and O–H groups in total. The van der Waals surface area contributed by atoms with E-state index in [0.29, 0.717) is 0 Å². The van der Waals surface area contributed by atoms with E-state index in [2.05, 4.69) is 62.0 Å². The fourth-order valence-electron chi connectivity index (χ4n) is 1.77. The SMILES string of the molecule is CCCCNc1nccn1Cc1ccc(Br)cc1. The first-order chi connectivity index (χ1) is 8.79. The van der Waals surface area contributed by atoms with Crippen LogP contribution in [0.15, 0.2) is 41.1 Å². The van der Waals surface area contributed by atoms with Gasteiger partial charge >= 0.3 is 0 Å². The van der Waals surface area contributed by atoms with E-state index in [0.717, 1.165) is 23.5 Å². The fraction of sp³-hybridized carbons (Fsp3) is 0.357. The molecule has 1 heterocycles. The van der Waals surface area contributed by atoms with Gasteiger partial charge < -0.3 is 9.88 Å². The number of anilines is 1. The molecule has 96 valence electrons. The van der Waals surface area contributed by atoms with E-state index >= 15 is 0 Å². The number of nitrogens with one attached hydrogen (secondary N) is 1. The molecule has 0 radical (unpaired) electrons. The van der Waals surface area contributed by atoms with Gasteiger partial charge in [-0.1, -0.05) is 41.4 Å². The molecule has 0 aliphatic carbocycles. The molecule has 18 heavy (non-hydrogen) atoms. The highest BCUT2D eigenvalue weighted by molar-refractivity contribution is 9.10. The van der Waals surface area contributed by atoms with Crippen molar-refractivity contribution in [2.45, 2.75) is 26.3 Å². The van der Waals surface area contributed by atoms with Crippen molar-refractivity contribution >= 4 is 21.9 Å². The summed E-state index contributed by atoms with van der Waals surface area (Å²) in [4.78, 5) is 4.34. The topological polar surface area (TPSA) is 29.9 Å². The van der Waals surface area contributed by atoms with E-state index in [4.69, 9.17) is 0 Å². The molecule has 0 atom stereocenters.